The lowest BCUT2D eigenvalue weighted by Gasteiger charge is -2.09. The van der Waals surface area contributed by atoms with Gasteiger partial charge in [0, 0.05) is 10.6 Å². The van der Waals surface area contributed by atoms with Crippen LogP contribution in [-0.4, -0.2) is 0 Å². The molecule has 0 aliphatic heterocycles. The standard InChI is InChI=1S/C13H7ClF3/c14-12-7-2-1-6-11(12)9-4-3-5-10(8-9)13(15,16)17/h1-5,7-8H. The molecule has 0 aliphatic rings. The molecule has 0 atom stereocenters. The Labute approximate surface area is 102 Å². The predicted octanol–water partition coefficient (Wildman–Crippen LogP) is 4.83. The predicted molar refractivity (Wildman–Crippen MR) is 60.7 cm³/mol. The maximum absolute atomic E-state index is 12.5. The highest BCUT2D eigenvalue weighted by Gasteiger charge is 2.30. The molecule has 0 heterocycles. The van der Waals surface area contributed by atoms with Crippen LogP contribution in [0.25, 0.3) is 11.1 Å². The number of halogens is 4. The van der Waals surface area contributed by atoms with Gasteiger partial charge in [0.05, 0.1) is 5.56 Å². The lowest BCUT2D eigenvalue weighted by molar-refractivity contribution is -0.137. The third kappa shape index (κ3) is 2.61. The number of hydrogen-bond acceptors (Lipinski definition) is 0. The Hall–Kier alpha value is -1.48. The lowest BCUT2D eigenvalue weighted by Crippen LogP contribution is -2.04. The Morgan fingerprint density at radius 1 is 1.06 bits per heavy atom. The van der Waals surface area contributed by atoms with Crippen molar-refractivity contribution >= 4 is 11.6 Å². The van der Waals surface area contributed by atoms with E-state index in [0.717, 1.165) is 12.1 Å². The van der Waals surface area contributed by atoms with Crippen LogP contribution in [0.5, 0.6) is 0 Å². The zero-order valence-corrected chi connectivity index (χ0v) is 9.31. The Morgan fingerprint density at radius 2 is 1.82 bits per heavy atom. The Balaban J connectivity index is 2.51. The van der Waals surface area contributed by atoms with E-state index < -0.39 is 11.7 Å². The molecule has 0 aromatic heterocycles. The first-order valence-electron chi connectivity index (χ1n) is 4.82. The molecule has 0 saturated heterocycles. The first kappa shape index (κ1) is 12.0. The van der Waals surface area contributed by atoms with E-state index in [9.17, 15) is 13.2 Å². The molecule has 0 aliphatic carbocycles. The van der Waals surface area contributed by atoms with Crippen LogP contribution in [0, 0.1) is 6.07 Å². The molecular weight excluding hydrogens is 249 g/mol. The van der Waals surface area contributed by atoms with Crippen molar-refractivity contribution in [2.45, 2.75) is 6.18 Å². The summed E-state index contributed by atoms with van der Waals surface area (Å²) >= 11 is 5.91. The van der Waals surface area contributed by atoms with Crippen LogP contribution in [-0.2, 0) is 6.18 Å². The molecule has 0 saturated carbocycles. The molecule has 4 heteroatoms. The monoisotopic (exact) mass is 255 g/mol. The molecule has 2 aromatic rings. The molecular formula is C13H7ClF3. The highest BCUT2D eigenvalue weighted by atomic mass is 35.5. The first-order chi connectivity index (χ1) is 7.98. The molecule has 0 unspecified atom stereocenters. The quantitative estimate of drug-likeness (QED) is 0.685. The average molecular weight is 256 g/mol. The summed E-state index contributed by atoms with van der Waals surface area (Å²) in [6.45, 7) is 0. The van der Waals surface area contributed by atoms with Crippen LogP contribution in [0.1, 0.15) is 5.56 Å². The Bertz CT molecular complexity index is 532. The molecule has 1 radical (unpaired) electrons. The summed E-state index contributed by atoms with van der Waals surface area (Å²) in [5.41, 5.74) is 0.189. The van der Waals surface area contributed by atoms with Gasteiger partial charge in [0.15, 0.2) is 0 Å². The van der Waals surface area contributed by atoms with E-state index in [1.807, 2.05) is 0 Å². The molecule has 0 bridgehead atoms. The van der Waals surface area contributed by atoms with Crippen molar-refractivity contribution in [3.63, 3.8) is 0 Å². The van der Waals surface area contributed by atoms with Crippen molar-refractivity contribution in [2.24, 2.45) is 0 Å². The summed E-state index contributed by atoms with van der Waals surface area (Å²) in [5, 5.41) is 0.381. The van der Waals surface area contributed by atoms with E-state index in [1.54, 1.807) is 24.3 Å². The summed E-state index contributed by atoms with van der Waals surface area (Å²) in [4.78, 5) is 0. The maximum Gasteiger partial charge on any atom is 0.416 e. The molecule has 17 heavy (non-hydrogen) atoms. The topological polar surface area (TPSA) is 0 Å². The van der Waals surface area contributed by atoms with Crippen LogP contribution < -0.4 is 0 Å². The summed E-state index contributed by atoms with van der Waals surface area (Å²) in [6, 6.07) is 12.8. The number of rotatable bonds is 1. The third-order valence-electron chi connectivity index (χ3n) is 2.28. The minimum atomic E-state index is -4.35. The Morgan fingerprint density at radius 3 is 2.47 bits per heavy atom. The smallest absolute Gasteiger partial charge is 0.166 e. The van der Waals surface area contributed by atoms with E-state index in [2.05, 4.69) is 6.07 Å². The van der Waals surface area contributed by atoms with E-state index in [0.29, 0.717) is 16.1 Å². The van der Waals surface area contributed by atoms with Crippen LogP contribution >= 0.6 is 11.6 Å². The second-order valence-electron chi connectivity index (χ2n) is 3.47. The van der Waals surface area contributed by atoms with Crippen molar-refractivity contribution in [3.05, 3.63) is 59.1 Å². The highest BCUT2D eigenvalue weighted by Crippen LogP contribution is 2.33. The van der Waals surface area contributed by atoms with Gasteiger partial charge in [0.2, 0.25) is 0 Å². The minimum Gasteiger partial charge on any atom is -0.166 e. The second kappa shape index (κ2) is 4.41. The number of benzene rings is 2. The fourth-order valence-electron chi connectivity index (χ4n) is 1.49. The fraction of sp³-hybridized carbons (Fsp3) is 0.0769. The van der Waals surface area contributed by atoms with Crippen LogP contribution in [0.4, 0.5) is 13.2 Å². The van der Waals surface area contributed by atoms with E-state index >= 15 is 0 Å². The van der Waals surface area contributed by atoms with Gasteiger partial charge < -0.3 is 0 Å². The van der Waals surface area contributed by atoms with Crippen molar-refractivity contribution < 1.29 is 13.2 Å². The van der Waals surface area contributed by atoms with E-state index in [-0.39, 0.29) is 0 Å². The normalized spacial score (nSPS) is 11.5. The van der Waals surface area contributed by atoms with Gasteiger partial charge >= 0.3 is 6.18 Å². The van der Waals surface area contributed by atoms with Crippen LogP contribution in [0.2, 0.25) is 5.02 Å². The van der Waals surface area contributed by atoms with Crippen molar-refractivity contribution in [1.82, 2.24) is 0 Å². The van der Waals surface area contributed by atoms with Gasteiger partial charge in [-0.05, 0) is 29.8 Å². The first-order valence-corrected chi connectivity index (χ1v) is 5.20. The lowest BCUT2D eigenvalue weighted by atomic mass is 10.0. The molecule has 0 spiro atoms. The van der Waals surface area contributed by atoms with Gasteiger partial charge in [0.1, 0.15) is 0 Å². The highest BCUT2D eigenvalue weighted by molar-refractivity contribution is 6.33. The fourth-order valence-corrected chi connectivity index (χ4v) is 1.72. The Kier molecular flexibility index (Phi) is 3.11. The van der Waals surface area contributed by atoms with Crippen molar-refractivity contribution in [3.8, 4) is 11.1 Å². The second-order valence-corrected chi connectivity index (χ2v) is 3.88. The number of alkyl halides is 3. The van der Waals surface area contributed by atoms with Gasteiger partial charge in [-0.3, -0.25) is 0 Å². The molecule has 87 valence electrons. The molecule has 0 amide bonds. The van der Waals surface area contributed by atoms with E-state index in [1.165, 1.54) is 6.07 Å². The SMILES string of the molecule is FC(F)(F)c1cccc(-c2[c]cccc2Cl)c1. The zero-order chi connectivity index (χ0) is 12.5. The summed E-state index contributed by atoms with van der Waals surface area (Å²) < 4.78 is 37.6. The van der Waals surface area contributed by atoms with Crippen molar-refractivity contribution in [1.29, 1.82) is 0 Å². The number of hydrogen-bond donors (Lipinski definition) is 0. The average Bonchev–Trinajstić information content (AvgIpc) is 2.29. The van der Waals surface area contributed by atoms with E-state index in [4.69, 9.17) is 11.6 Å². The molecule has 0 N–H and O–H groups in total. The van der Waals surface area contributed by atoms with Gasteiger partial charge in [-0.2, -0.15) is 13.2 Å². The maximum atomic E-state index is 12.5. The zero-order valence-electron chi connectivity index (χ0n) is 8.55. The third-order valence-corrected chi connectivity index (χ3v) is 2.60. The molecule has 2 rings (SSSR count). The molecule has 0 fully saturated rings. The summed E-state index contributed by atoms with van der Waals surface area (Å²) in [6.07, 6.45) is -4.35. The van der Waals surface area contributed by atoms with Crippen LogP contribution in [0.3, 0.4) is 0 Å². The largest absolute Gasteiger partial charge is 0.416 e. The van der Waals surface area contributed by atoms with Gasteiger partial charge in [-0.15, -0.1) is 0 Å². The summed E-state index contributed by atoms with van der Waals surface area (Å²) in [7, 11) is 0. The molecule has 0 nitrogen and oxygen atoms in total. The van der Waals surface area contributed by atoms with Gasteiger partial charge in [-0.25, -0.2) is 0 Å². The molecule has 2 aromatic carbocycles. The van der Waals surface area contributed by atoms with Gasteiger partial charge in [0.25, 0.3) is 0 Å². The van der Waals surface area contributed by atoms with Crippen molar-refractivity contribution in [2.75, 3.05) is 0 Å². The summed E-state index contributed by atoms with van der Waals surface area (Å²) in [5.74, 6) is 0. The minimum absolute atomic E-state index is 0.381. The van der Waals surface area contributed by atoms with Gasteiger partial charge in [-0.1, -0.05) is 35.9 Å². The van der Waals surface area contributed by atoms with Crippen LogP contribution in [0.15, 0.2) is 42.5 Å².